The Hall–Kier alpha value is -3.59. The highest BCUT2D eigenvalue weighted by atomic mass is 16.5. The third-order valence-corrected chi connectivity index (χ3v) is 5.60. The highest BCUT2D eigenvalue weighted by molar-refractivity contribution is 5.91. The smallest absolute Gasteiger partial charge is 0.236 e. The van der Waals surface area contributed by atoms with Gasteiger partial charge in [-0.1, -0.05) is 0 Å². The number of nitrogens with zero attached hydrogens (tertiary/aromatic N) is 4. The van der Waals surface area contributed by atoms with Gasteiger partial charge in [0.15, 0.2) is 11.5 Å². The molecule has 0 unspecified atom stereocenters. The van der Waals surface area contributed by atoms with Crippen LogP contribution in [0.25, 0.3) is 10.9 Å². The summed E-state index contributed by atoms with van der Waals surface area (Å²) >= 11 is 0. The molecule has 2 aromatic carbocycles. The molecule has 3 aromatic rings. The number of carbonyl (C=O) groups excluding carboxylic acids is 1. The molecule has 2 N–H and O–H groups in total. The number of amides is 1. The van der Waals surface area contributed by atoms with E-state index in [-0.39, 0.29) is 17.8 Å². The molecule has 1 aliphatic heterocycles. The van der Waals surface area contributed by atoms with Crippen LogP contribution in [0, 0.1) is 0 Å². The maximum atomic E-state index is 12.3. The van der Waals surface area contributed by atoms with Crippen LogP contribution in [0.15, 0.2) is 42.7 Å². The summed E-state index contributed by atoms with van der Waals surface area (Å²) in [4.78, 5) is 24.8. The van der Waals surface area contributed by atoms with Crippen molar-refractivity contribution in [3.8, 4) is 17.2 Å². The summed E-state index contributed by atoms with van der Waals surface area (Å²) in [5.41, 5.74) is 1.51. The third-order valence-electron chi connectivity index (χ3n) is 5.60. The number of phenols is 1. The maximum Gasteiger partial charge on any atom is 0.236 e. The molecule has 1 amide bonds. The van der Waals surface area contributed by atoms with Crippen molar-refractivity contribution in [1.82, 2.24) is 19.8 Å². The van der Waals surface area contributed by atoms with E-state index in [4.69, 9.17) is 9.47 Å². The SMILES string of the molecule is COc1cc(Nc2ncnc3ccc(OC4CCN(C(=O)CN(C)C)CC4)cc23)ccc1O. The molecule has 4 rings (SSSR count). The van der Waals surface area contributed by atoms with E-state index in [1.165, 1.54) is 13.4 Å². The Morgan fingerprint density at radius 2 is 1.97 bits per heavy atom. The number of hydrogen-bond acceptors (Lipinski definition) is 8. The van der Waals surface area contributed by atoms with Crippen LogP contribution in [0.2, 0.25) is 0 Å². The molecule has 1 fully saturated rings. The van der Waals surface area contributed by atoms with E-state index in [1.54, 1.807) is 18.2 Å². The third kappa shape index (κ3) is 5.43. The van der Waals surface area contributed by atoms with Gasteiger partial charge in [-0.05, 0) is 44.4 Å². The lowest BCUT2D eigenvalue weighted by Crippen LogP contribution is -2.44. The lowest BCUT2D eigenvalue weighted by atomic mass is 10.1. The minimum atomic E-state index is 0.0493. The zero-order valence-electron chi connectivity index (χ0n) is 19.1. The largest absolute Gasteiger partial charge is 0.504 e. The minimum Gasteiger partial charge on any atom is -0.504 e. The topological polar surface area (TPSA) is 100 Å². The van der Waals surface area contributed by atoms with E-state index < -0.39 is 0 Å². The van der Waals surface area contributed by atoms with Crippen LogP contribution in [0.1, 0.15) is 12.8 Å². The molecule has 9 heteroatoms. The Kier molecular flexibility index (Phi) is 6.79. The number of anilines is 2. The number of hydrogen-bond donors (Lipinski definition) is 2. The van der Waals surface area contributed by atoms with E-state index in [0.717, 1.165) is 35.2 Å². The normalized spacial score (nSPS) is 14.5. The Bertz CT molecular complexity index is 1130. The molecule has 0 bridgehead atoms. The standard InChI is InChI=1S/C24H29N5O4/c1-28(2)14-23(31)29-10-8-17(9-11-29)33-18-5-6-20-19(13-18)24(26-15-25-20)27-16-4-7-21(30)22(12-16)32-3/h4-7,12-13,15,17,30H,8-11,14H2,1-3H3,(H,25,26,27). The van der Waals surface area contributed by atoms with E-state index in [1.807, 2.05) is 42.1 Å². The molecule has 0 atom stereocenters. The number of aromatic nitrogens is 2. The molecule has 2 heterocycles. The Balaban J connectivity index is 1.47. The summed E-state index contributed by atoms with van der Waals surface area (Å²) in [6, 6.07) is 10.8. The number of benzene rings is 2. The molecule has 0 radical (unpaired) electrons. The first kappa shape index (κ1) is 22.6. The van der Waals surface area contributed by atoms with Crippen LogP contribution in [-0.2, 0) is 4.79 Å². The average molecular weight is 452 g/mol. The first-order valence-corrected chi connectivity index (χ1v) is 10.9. The summed E-state index contributed by atoms with van der Waals surface area (Å²) in [6.07, 6.45) is 3.14. The molecule has 0 aliphatic carbocycles. The summed E-state index contributed by atoms with van der Waals surface area (Å²) in [5, 5.41) is 13.9. The Morgan fingerprint density at radius 1 is 1.18 bits per heavy atom. The number of piperidine rings is 1. The van der Waals surface area contributed by atoms with Crippen LogP contribution in [0.5, 0.6) is 17.2 Å². The van der Waals surface area contributed by atoms with E-state index in [0.29, 0.717) is 31.2 Å². The summed E-state index contributed by atoms with van der Waals surface area (Å²) in [5.74, 6) is 1.96. The first-order chi connectivity index (χ1) is 15.9. The van der Waals surface area contributed by atoms with Crippen molar-refractivity contribution in [2.75, 3.05) is 46.2 Å². The van der Waals surface area contributed by atoms with Crippen molar-refractivity contribution in [1.29, 1.82) is 0 Å². The van der Waals surface area contributed by atoms with Crippen molar-refractivity contribution in [2.24, 2.45) is 0 Å². The number of ether oxygens (including phenoxy) is 2. The molecule has 0 saturated carbocycles. The van der Waals surface area contributed by atoms with Crippen LogP contribution >= 0.6 is 0 Å². The van der Waals surface area contributed by atoms with Crippen molar-refractivity contribution in [3.63, 3.8) is 0 Å². The van der Waals surface area contributed by atoms with Gasteiger partial charge in [-0.25, -0.2) is 9.97 Å². The van der Waals surface area contributed by atoms with E-state index in [9.17, 15) is 9.90 Å². The second-order valence-electron chi connectivity index (χ2n) is 8.35. The monoisotopic (exact) mass is 451 g/mol. The van der Waals surface area contributed by atoms with Crippen molar-refractivity contribution < 1.29 is 19.4 Å². The maximum absolute atomic E-state index is 12.3. The van der Waals surface area contributed by atoms with Gasteiger partial charge in [0.2, 0.25) is 5.91 Å². The molecular formula is C24H29N5O4. The summed E-state index contributed by atoms with van der Waals surface area (Å²) in [6.45, 7) is 1.83. The highest BCUT2D eigenvalue weighted by Gasteiger charge is 2.24. The number of phenolic OH excluding ortho intramolecular Hbond substituents is 1. The zero-order valence-corrected chi connectivity index (χ0v) is 19.1. The number of rotatable bonds is 7. The molecule has 1 aromatic heterocycles. The van der Waals surface area contributed by atoms with E-state index in [2.05, 4.69) is 15.3 Å². The van der Waals surface area contributed by atoms with Crippen LogP contribution in [-0.4, -0.2) is 77.7 Å². The number of likely N-dealkylation sites (N-methyl/N-ethyl adjacent to an activating group) is 1. The van der Waals surface area contributed by atoms with Gasteiger partial charge in [-0.3, -0.25) is 4.79 Å². The van der Waals surface area contributed by atoms with Gasteiger partial charge in [0, 0.05) is 43.1 Å². The number of carbonyl (C=O) groups is 1. The van der Waals surface area contributed by atoms with Gasteiger partial charge in [0.05, 0.1) is 19.2 Å². The first-order valence-electron chi connectivity index (χ1n) is 10.9. The van der Waals surface area contributed by atoms with E-state index >= 15 is 0 Å². The Labute approximate surface area is 193 Å². The fourth-order valence-corrected chi connectivity index (χ4v) is 3.89. The number of nitrogens with one attached hydrogen (secondary N) is 1. The molecule has 33 heavy (non-hydrogen) atoms. The molecular weight excluding hydrogens is 422 g/mol. The fraction of sp³-hybridized carbons (Fsp3) is 0.375. The number of likely N-dealkylation sites (tertiary alicyclic amines) is 1. The van der Waals surface area contributed by atoms with Gasteiger partial charge < -0.3 is 29.7 Å². The summed E-state index contributed by atoms with van der Waals surface area (Å²) < 4.78 is 11.4. The van der Waals surface area contributed by atoms with Crippen LogP contribution < -0.4 is 14.8 Å². The molecule has 174 valence electrons. The van der Waals surface area contributed by atoms with Crippen molar-refractivity contribution >= 4 is 28.3 Å². The van der Waals surface area contributed by atoms with Crippen LogP contribution in [0.4, 0.5) is 11.5 Å². The quantitative estimate of drug-likeness (QED) is 0.529. The molecule has 0 spiro atoms. The van der Waals surface area contributed by atoms with Gasteiger partial charge in [0.25, 0.3) is 0 Å². The van der Waals surface area contributed by atoms with Crippen LogP contribution in [0.3, 0.4) is 0 Å². The Morgan fingerprint density at radius 3 is 2.70 bits per heavy atom. The number of methoxy groups -OCH3 is 1. The highest BCUT2D eigenvalue weighted by Crippen LogP contribution is 2.32. The second-order valence-corrected chi connectivity index (χ2v) is 8.35. The predicted octanol–water partition coefficient (Wildman–Crippen LogP) is 3.02. The van der Waals surface area contributed by atoms with Gasteiger partial charge >= 0.3 is 0 Å². The molecule has 9 nitrogen and oxygen atoms in total. The minimum absolute atomic E-state index is 0.0493. The lowest BCUT2D eigenvalue weighted by Gasteiger charge is -2.32. The molecule has 1 saturated heterocycles. The van der Waals surface area contributed by atoms with Crippen molar-refractivity contribution in [2.45, 2.75) is 18.9 Å². The van der Waals surface area contributed by atoms with Gasteiger partial charge in [0.1, 0.15) is 24.0 Å². The van der Waals surface area contributed by atoms with Gasteiger partial charge in [-0.2, -0.15) is 0 Å². The molecule has 1 aliphatic rings. The number of fused-ring (bicyclic) bond motifs is 1. The van der Waals surface area contributed by atoms with Crippen molar-refractivity contribution in [3.05, 3.63) is 42.7 Å². The lowest BCUT2D eigenvalue weighted by molar-refractivity contribution is -0.133. The second kappa shape index (κ2) is 9.91. The predicted molar refractivity (Wildman–Crippen MR) is 126 cm³/mol. The van der Waals surface area contributed by atoms with Gasteiger partial charge in [-0.15, -0.1) is 0 Å². The zero-order chi connectivity index (χ0) is 23.4. The number of aromatic hydroxyl groups is 1. The average Bonchev–Trinajstić information content (AvgIpc) is 2.80. The fourth-order valence-electron chi connectivity index (χ4n) is 3.89. The summed E-state index contributed by atoms with van der Waals surface area (Å²) in [7, 11) is 5.31.